The fourth-order valence-corrected chi connectivity index (χ4v) is 1.08. The fraction of sp³-hybridized carbons (Fsp3) is 0.200. The highest BCUT2D eigenvalue weighted by molar-refractivity contribution is 5.98. The average Bonchev–Trinajstić information content (AvgIpc) is 2.17. The molecule has 1 aromatic rings. The van der Waals surface area contributed by atoms with Crippen LogP contribution in [0.2, 0.25) is 0 Å². The lowest BCUT2D eigenvalue weighted by atomic mass is 10.0. The summed E-state index contributed by atoms with van der Waals surface area (Å²) in [5.41, 5.74) is 5.47. The van der Waals surface area contributed by atoms with Crippen molar-refractivity contribution >= 4 is 11.8 Å². The van der Waals surface area contributed by atoms with Gasteiger partial charge in [0.2, 0.25) is 0 Å². The number of phenolic OH excluding ortho intramolecular Hbond substituents is 1. The molecule has 0 fully saturated rings. The van der Waals surface area contributed by atoms with Crippen molar-refractivity contribution in [2.24, 2.45) is 5.73 Å². The summed E-state index contributed by atoms with van der Waals surface area (Å²) >= 11 is 0. The molecule has 5 nitrogen and oxygen atoms in total. The molecule has 5 heteroatoms. The Labute approximate surface area is 86.1 Å². The summed E-state index contributed by atoms with van der Waals surface area (Å²) in [6.07, 6.45) is -0.279. The zero-order valence-corrected chi connectivity index (χ0v) is 7.88. The van der Waals surface area contributed by atoms with Crippen molar-refractivity contribution in [3.8, 4) is 5.75 Å². The molecule has 0 saturated heterocycles. The van der Waals surface area contributed by atoms with E-state index in [0.717, 1.165) is 0 Å². The smallest absolute Gasteiger partial charge is 0.320 e. The second kappa shape index (κ2) is 4.56. The first kappa shape index (κ1) is 11.2. The normalized spacial score (nSPS) is 12.1. The summed E-state index contributed by atoms with van der Waals surface area (Å²) in [5, 5.41) is 17.6. The SMILES string of the molecule is NC(CC(=O)c1cccc(O)c1)C(=O)O. The van der Waals surface area contributed by atoms with Crippen molar-refractivity contribution in [3.05, 3.63) is 29.8 Å². The minimum atomic E-state index is -1.22. The van der Waals surface area contributed by atoms with Gasteiger partial charge in [0.25, 0.3) is 0 Å². The first-order chi connectivity index (χ1) is 7.00. The van der Waals surface area contributed by atoms with Gasteiger partial charge in [0, 0.05) is 12.0 Å². The van der Waals surface area contributed by atoms with Crippen LogP contribution in [0.5, 0.6) is 5.75 Å². The quantitative estimate of drug-likeness (QED) is 0.622. The summed E-state index contributed by atoms with van der Waals surface area (Å²) < 4.78 is 0. The van der Waals surface area contributed by atoms with Gasteiger partial charge in [-0.15, -0.1) is 0 Å². The molecule has 0 aliphatic rings. The molecule has 80 valence electrons. The van der Waals surface area contributed by atoms with Crippen molar-refractivity contribution in [2.45, 2.75) is 12.5 Å². The molecule has 0 spiro atoms. The number of phenols is 1. The third-order valence-electron chi connectivity index (χ3n) is 1.89. The van der Waals surface area contributed by atoms with E-state index >= 15 is 0 Å². The Balaban J connectivity index is 2.73. The number of aromatic hydroxyl groups is 1. The zero-order chi connectivity index (χ0) is 11.4. The van der Waals surface area contributed by atoms with Gasteiger partial charge in [-0.3, -0.25) is 9.59 Å². The van der Waals surface area contributed by atoms with E-state index < -0.39 is 17.8 Å². The molecule has 0 aromatic heterocycles. The number of rotatable bonds is 4. The highest BCUT2D eigenvalue weighted by Gasteiger charge is 2.17. The number of carboxylic acids is 1. The highest BCUT2D eigenvalue weighted by Crippen LogP contribution is 2.13. The van der Waals surface area contributed by atoms with Crippen molar-refractivity contribution < 1.29 is 19.8 Å². The van der Waals surface area contributed by atoms with E-state index in [0.29, 0.717) is 0 Å². The first-order valence-corrected chi connectivity index (χ1v) is 4.31. The average molecular weight is 209 g/mol. The maximum absolute atomic E-state index is 11.5. The van der Waals surface area contributed by atoms with Gasteiger partial charge in [-0.2, -0.15) is 0 Å². The molecule has 0 heterocycles. The number of Topliss-reactive ketones (excluding diaryl/α,β-unsaturated/α-hetero) is 1. The van der Waals surface area contributed by atoms with Crippen LogP contribution in [0.1, 0.15) is 16.8 Å². The number of carboxylic acid groups (broad SMARTS) is 1. The minimum absolute atomic E-state index is 0.0373. The Morgan fingerprint density at radius 3 is 2.60 bits per heavy atom. The number of ketones is 1. The first-order valence-electron chi connectivity index (χ1n) is 4.31. The molecular weight excluding hydrogens is 198 g/mol. The van der Waals surface area contributed by atoms with Crippen molar-refractivity contribution in [1.82, 2.24) is 0 Å². The molecule has 0 saturated carbocycles. The van der Waals surface area contributed by atoms with E-state index in [4.69, 9.17) is 15.9 Å². The Morgan fingerprint density at radius 2 is 2.07 bits per heavy atom. The Bertz CT molecular complexity index is 389. The lowest BCUT2D eigenvalue weighted by molar-refractivity contribution is -0.138. The topological polar surface area (TPSA) is 101 Å². The molecule has 0 aliphatic carbocycles. The molecule has 0 aliphatic heterocycles. The van der Waals surface area contributed by atoms with Gasteiger partial charge in [-0.25, -0.2) is 0 Å². The van der Waals surface area contributed by atoms with Crippen LogP contribution in [0.15, 0.2) is 24.3 Å². The summed E-state index contributed by atoms with van der Waals surface area (Å²) in [6.45, 7) is 0. The van der Waals surface area contributed by atoms with Crippen LogP contribution >= 0.6 is 0 Å². The fourth-order valence-electron chi connectivity index (χ4n) is 1.08. The van der Waals surface area contributed by atoms with Crippen LogP contribution < -0.4 is 5.73 Å². The lowest BCUT2D eigenvalue weighted by Gasteiger charge is -2.05. The van der Waals surface area contributed by atoms with Crippen molar-refractivity contribution in [1.29, 1.82) is 0 Å². The number of aliphatic carboxylic acids is 1. The van der Waals surface area contributed by atoms with Crippen LogP contribution in [0, 0.1) is 0 Å². The van der Waals surface area contributed by atoms with Gasteiger partial charge in [0.05, 0.1) is 0 Å². The third kappa shape index (κ3) is 3.07. The van der Waals surface area contributed by atoms with Crippen molar-refractivity contribution in [3.63, 3.8) is 0 Å². The van der Waals surface area contributed by atoms with Gasteiger partial charge in [0.15, 0.2) is 5.78 Å². The largest absolute Gasteiger partial charge is 0.508 e. The molecule has 1 atom stereocenters. The summed E-state index contributed by atoms with van der Waals surface area (Å²) in [7, 11) is 0. The molecule has 1 aromatic carbocycles. The van der Waals surface area contributed by atoms with E-state index in [-0.39, 0.29) is 17.7 Å². The standard InChI is InChI=1S/C10H11NO4/c11-8(10(14)15)5-9(13)6-2-1-3-7(12)4-6/h1-4,8,12H,5,11H2,(H,14,15). The van der Waals surface area contributed by atoms with Crippen LogP contribution in [0.4, 0.5) is 0 Å². The van der Waals surface area contributed by atoms with E-state index in [2.05, 4.69) is 0 Å². The van der Waals surface area contributed by atoms with E-state index in [9.17, 15) is 9.59 Å². The van der Waals surface area contributed by atoms with Crippen molar-refractivity contribution in [2.75, 3.05) is 0 Å². The summed E-state index contributed by atoms with van der Waals surface area (Å²) in [6, 6.07) is 4.50. The predicted octanol–water partition coefficient (Wildman–Crippen LogP) is 0.377. The number of carbonyl (C=O) groups excluding carboxylic acids is 1. The van der Waals surface area contributed by atoms with E-state index in [1.807, 2.05) is 0 Å². The predicted molar refractivity (Wildman–Crippen MR) is 52.7 cm³/mol. The Hall–Kier alpha value is -1.88. The summed E-state index contributed by atoms with van der Waals surface area (Å²) in [5.74, 6) is -1.66. The molecule has 0 bridgehead atoms. The monoisotopic (exact) mass is 209 g/mol. The molecule has 0 amide bonds. The van der Waals surface area contributed by atoms with E-state index in [1.54, 1.807) is 0 Å². The number of hydrogen-bond acceptors (Lipinski definition) is 4. The maximum atomic E-state index is 11.5. The van der Waals surface area contributed by atoms with Crippen LogP contribution in [0.3, 0.4) is 0 Å². The highest BCUT2D eigenvalue weighted by atomic mass is 16.4. The van der Waals surface area contributed by atoms with Gasteiger partial charge in [0.1, 0.15) is 11.8 Å². The minimum Gasteiger partial charge on any atom is -0.508 e. The summed E-state index contributed by atoms with van der Waals surface area (Å²) in [4.78, 5) is 21.9. The molecule has 1 unspecified atom stereocenters. The van der Waals surface area contributed by atoms with Crippen LogP contribution in [-0.4, -0.2) is 28.0 Å². The van der Waals surface area contributed by atoms with Gasteiger partial charge >= 0.3 is 5.97 Å². The number of nitrogens with two attached hydrogens (primary N) is 1. The molecule has 15 heavy (non-hydrogen) atoms. The Kier molecular flexibility index (Phi) is 3.41. The van der Waals surface area contributed by atoms with Gasteiger partial charge < -0.3 is 15.9 Å². The molecule has 1 rings (SSSR count). The number of hydrogen-bond donors (Lipinski definition) is 3. The third-order valence-corrected chi connectivity index (χ3v) is 1.89. The van der Waals surface area contributed by atoms with E-state index in [1.165, 1.54) is 24.3 Å². The van der Waals surface area contributed by atoms with Crippen LogP contribution in [-0.2, 0) is 4.79 Å². The van der Waals surface area contributed by atoms with Crippen LogP contribution in [0.25, 0.3) is 0 Å². The second-order valence-electron chi connectivity index (χ2n) is 3.12. The molecular formula is C10H11NO4. The zero-order valence-electron chi connectivity index (χ0n) is 7.88. The number of benzene rings is 1. The Morgan fingerprint density at radius 1 is 1.40 bits per heavy atom. The maximum Gasteiger partial charge on any atom is 0.320 e. The lowest BCUT2D eigenvalue weighted by Crippen LogP contribution is -2.32. The molecule has 4 N–H and O–H groups in total. The van der Waals surface area contributed by atoms with Gasteiger partial charge in [-0.05, 0) is 12.1 Å². The van der Waals surface area contributed by atoms with Gasteiger partial charge in [-0.1, -0.05) is 12.1 Å². The second-order valence-corrected chi connectivity index (χ2v) is 3.12. The molecule has 0 radical (unpaired) electrons. The number of carbonyl (C=O) groups is 2.